The first-order chi connectivity index (χ1) is 5.76. The molecule has 58 valence electrons. The molecule has 0 amide bonds. The molecule has 0 radical (unpaired) electrons. The van der Waals surface area contributed by atoms with Crippen molar-refractivity contribution >= 4 is 17.2 Å². The van der Waals surface area contributed by atoms with Gasteiger partial charge in [-0.25, -0.2) is 14.2 Å². The van der Waals surface area contributed by atoms with Crippen LogP contribution in [0.1, 0.15) is 0 Å². The molecule has 0 aliphatic carbocycles. The van der Waals surface area contributed by atoms with Gasteiger partial charge in [-0.1, -0.05) is 0 Å². The minimum atomic E-state index is -0.475. The minimum absolute atomic E-state index is 0.226. The Kier molecular flexibility index (Phi) is 2.37. The maximum atomic E-state index is 12.7. The Morgan fingerprint density at radius 1 is 1.50 bits per heavy atom. The largest absolute Gasteiger partial charge is 0.238 e. The standard InChI is InChI=1S/C9H5FN2/c1-3-12-9-5-7(10)4-8(6-9)11-2/h4-6H,1H2. The Bertz CT molecular complexity index is 384. The fourth-order valence-electron chi connectivity index (χ4n) is 0.779. The van der Waals surface area contributed by atoms with Crippen molar-refractivity contribution in [1.29, 1.82) is 0 Å². The van der Waals surface area contributed by atoms with E-state index >= 15 is 0 Å². The fraction of sp³-hybridized carbons (Fsp3) is 0. The summed E-state index contributed by atoms with van der Waals surface area (Å²) in [5, 5.41) is 0. The molecular formula is C9H5FN2. The van der Waals surface area contributed by atoms with Crippen LogP contribution in [0.25, 0.3) is 4.85 Å². The van der Waals surface area contributed by atoms with E-state index in [2.05, 4.69) is 22.3 Å². The van der Waals surface area contributed by atoms with Crippen molar-refractivity contribution in [3.8, 4) is 0 Å². The fourth-order valence-corrected chi connectivity index (χ4v) is 0.779. The Hall–Kier alpha value is -1.91. The van der Waals surface area contributed by atoms with Crippen molar-refractivity contribution < 1.29 is 4.39 Å². The second-order valence-electron chi connectivity index (χ2n) is 2.05. The number of benzene rings is 1. The lowest BCUT2D eigenvalue weighted by Crippen LogP contribution is -1.71. The quantitative estimate of drug-likeness (QED) is 0.443. The second-order valence-corrected chi connectivity index (χ2v) is 2.05. The number of hydrogen-bond donors (Lipinski definition) is 0. The van der Waals surface area contributed by atoms with Crippen LogP contribution >= 0.6 is 0 Å². The average Bonchev–Trinajstić information content (AvgIpc) is 2.04. The van der Waals surface area contributed by atoms with Crippen LogP contribution in [0.5, 0.6) is 0 Å². The molecule has 0 saturated carbocycles. The smallest absolute Gasteiger partial charge is 0.192 e. The van der Waals surface area contributed by atoms with Crippen LogP contribution in [-0.2, 0) is 0 Å². The Morgan fingerprint density at radius 3 is 2.83 bits per heavy atom. The van der Waals surface area contributed by atoms with Gasteiger partial charge in [0, 0.05) is 0 Å². The average molecular weight is 160 g/mol. The van der Waals surface area contributed by atoms with Crippen molar-refractivity contribution in [1.82, 2.24) is 0 Å². The summed E-state index contributed by atoms with van der Waals surface area (Å²) in [6, 6.07) is 3.83. The SMILES string of the molecule is [C-]#[N+]c1cc(F)cc(N=C=C)c1. The summed E-state index contributed by atoms with van der Waals surface area (Å²) >= 11 is 0. The molecule has 0 atom stereocenters. The van der Waals surface area contributed by atoms with Gasteiger partial charge < -0.3 is 0 Å². The van der Waals surface area contributed by atoms with E-state index < -0.39 is 5.82 Å². The molecular weight excluding hydrogens is 155 g/mol. The highest BCUT2D eigenvalue weighted by Crippen LogP contribution is 2.22. The van der Waals surface area contributed by atoms with Gasteiger partial charge in [0.25, 0.3) is 0 Å². The zero-order valence-electron chi connectivity index (χ0n) is 6.21. The van der Waals surface area contributed by atoms with Crippen LogP contribution in [0.4, 0.5) is 15.8 Å². The topological polar surface area (TPSA) is 16.7 Å². The zero-order valence-corrected chi connectivity index (χ0v) is 6.21. The first-order valence-electron chi connectivity index (χ1n) is 3.17. The second kappa shape index (κ2) is 3.47. The van der Waals surface area contributed by atoms with Crippen LogP contribution in [-0.4, -0.2) is 5.87 Å². The van der Waals surface area contributed by atoms with Gasteiger partial charge in [-0.2, -0.15) is 0 Å². The van der Waals surface area contributed by atoms with Crippen molar-refractivity contribution in [2.24, 2.45) is 4.99 Å². The predicted octanol–water partition coefficient (Wildman–Crippen LogP) is 2.86. The third-order valence-corrected chi connectivity index (χ3v) is 1.20. The highest BCUT2D eigenvalue weighted by atomic mass is 19.1. The molecule has 1 aromatic rings. The number of nitrogens with zero attached hydrogens (tertiary/aromatic N) is 2. The molecule has 2 nitrogen and oxygen atoms in total. The number of hydrogen-bond acceptors (Lipinski definition) is 1. The van der Waals surface area contributed by atoms with Crippen LogP contribution in [0, 0.1) is 12.4 Å². The van der Waals surface area contributed by atoms with Crippen LogP contribution in [0.15, 0.2) is 29.8 Å². The van der Waals surface area contributed by atoms with E-state index in [9.17, 15) is 4.39 Å². The highest BCUT2D eigenvalue weighted by Gasteiger charge is 1.97. The Labute approximate surface area is 69.5 Å². The molecule has 0 fully saturated rings. The molecule has 0 bridgehead atoms. The lowest BCUT2D eigenvalue weighted by atomic mass is 10.3. The van der Waals surface area contributed by atoms with E-state index in [0.29, 0.717) is 5.69 Å². The molecule has 0 N–H and O–H groups in total. The van der Waals surface area contributed by atoms with Gasteiger partial charge in [-0.3, -0.25) is 0 Å². The van der Waals surface area contributed by atoms with E-state index in [-0.39, 0.29) is 5.69 Å². The summed E-state index contributed by atoms with van der Waals surface area (Å²) in [6.07, 6.45) is 0. The molecule has 0 saturated heterocycles. The van der Waals surface area contributed by atoms with Crippen molar-refractivity contribution in [2.45, 2.75) is 0 Å². The van der Waals surface area contributed by atoms with E-state index in [1.807, 2.05) is 0 Å². The van der Waals surface area contributed by atoms with Gasteiger partial charge >= 0.3 is 0 Å². The molecule has 0 aliphatic heterocycles. The first kappa shape index (κ1) is 8.19. The van der Waals surface area contributed by atoms with Crippen LogP contribution in [0.2, 0.25) is 0 Å². The van der Waals surface area contributed by atoms with Crippen LogP contribution in [0.3, 0.4) is 0 Å². The summed E-state index contributed by atoms with van der Waals surface area (Å²) in [4.78, 5) is 6.71. The van der Waals surface area contributed by atoms with E-state index in [1.54, 1.807) is 0 Å². The summed E-state index contributed by atoms with van der Waals surface area (Å²) in [5.74, 6) is 1.79. The molecule has 0 unspecified atom stereocenters. The summed E-state index contributed by atoms with van der Waals surface area (Å²) in [6.45, 7) is 9.90. The molecule has 0 heterocycles. The summed E-state index contributed by atoms with van der Waals surface area (Å²) in [7, 11) is 0. The van der Waals surface area contributed by atoms with E-state index in [1.165, 1.54) is 12.1 Å². The maximum Gasteiger partial charge on any atom is 0.192 e. The third kappa shape index (κ3) is 1.79. The summed E-state index contributed by atoms with van der Waals surface area (Å²) in [5.41, 5.74) is 0.583. The maximum absolute atomic E-state index is 12.7. The highest BCUT2D eigenvalue weighted by molar-refractivity contribution is 5.60. The third-order valence-electron chi connectivity index (χ3n) is 1.20. The van der Waals surface area contributed by atoms with Gasteiger partial charge in [-0.05, 0) is 30.6 Å². The Morgan fingerprint density at radius 2 is 2.25 bits per heavy atom. The lowest BCUT2D eigenvalue weighted by molar-refractivity contribution is 0.629. The van der Waals surface area contributed by atoms with Crippen molar-refractivity contribution in [3.63, 3.8) is 0 Å². The normalized spacial score (nSPS) is 8.33. The molecule has 12 heavy (non-hydrogen) atoms. The van der Waals surface area contributed by atoms with Crippen molar-refractivity contribution in [2.75, 3.05) is 0 Å². The van der Waals surface area contributed by atoms with Crippen LogP contribution < -0.4 is 0 Å². The van der Waals surface area contributed by atoms with Gasteiger partial charge in [0.1, 0.15) is 5.82 Å². The molecule has 0 spiro atoms. The van der Waals surface area contributed by atoms with Gasteiger partial charge in [0.2, 0.25) is 0 Å². The molecule has 0 aromatic heterocycles. The zero-order chi connectivity index (χ0) is 8.97. The van der Waals surface area contributed by atoms with Gasteiger partial charge in [0.15, 0.2) is 5.69 Å². The van der Waals surface area contributed by atoms with E-state index in [0.717, 1.165) is 6.07 Å². The minimum Gasteiger partial charge on any atom is -0.238 e. The molecule has 0 aliphatic rings. The number of aliphatic imine (C=N–C) groups is 1. The van der Waals surface area contributed by atoms with E-state index in [4.69, 9.17) is 6.57 Å². The summed E-state index contributed by atoms with van der Waals surface area (Å²) < 4.78 is 12.7. The number of halogens is 1. The first-order valence-corrected chi connectivity index (χ1v) is 3.17. The lowest BCUT2D eigenvalue weighted by Gasteiger charge is -1.93. The Balaban J connectivity index is 3.25. The predicted molar refractivity (Wildman–Crippen MR) is 45.4 cm³/mol. The van der Waals surface area contributed by atoms with Gasteiger partial charge in [-0.15, -0.1) is 0 Å². The molecule has 1 aromatic carbocycles. The number of rotatable bonds is 1. The monoisotopic (exact) mass is 160 g/mol. The molecule has 3 heteroatoms. The van der Waals surface area contributed by atoms with Crippen molar-refractivity contribution in [3.05, 3.63) is 42.0 Å². The van der Waals surface area contributed by atoms with Gasteiger partial charge in [0.05, 0.1) is 12.3 Å². The molecule has 1 rings (SSSR count).